The lowest BCUT2D eigenvalue weighted by molar-refractivity contribution is 0.0959. The lowest BCUT2D eigenvalue weighted by atomic mass is 9.98. The van der Waals surface area contributed by atoms with E-state index >= 15 is 0 Å². The second-order valence-corrected chi connectivity index (χ2v) is 7.84. The van der Waals surface area contributed by atoms with Crippen molar-refractivity contribution in [3.05, 3.63) is 60.3 Å². The van der Waals surface area contributed by atoms with Gasteiger partial charge in [0, 0.05) is 25.9 Å². The fraction of sp³-hybridized carbons (Fsp3) is 0.292. The van der Waals surface area contributed by atoms with Crippen molar-refractivity contribution in [1.82, 2.24) is 25.3 Å². The number of H-pyrrole nitrogens is 1. The fourth-order valence-corrected chi connectivity index (χ4v) is 3.79. The number of amides is 1. The highest BCUT2D eigenvalue weighted by molar-refractivity contribution is 6.01. The Morgan fingerprint density at radius 3 is 2.94 bits per heavy atom. The number of hydrogen-bond donors (Lipinski definition) is 3. The first-order chi connectivity index (χ1) is 16.0. The summed E-state index contributed by atoms with van der Waals surface area (Å²) in [6.07, 6.45) is 8.44. The first-order valence-electron chi connectivity index (χ1n) is 10.8. The maximum atomic E-state index is 12.2. The van der Waals surface area contributed by atoms with Gasteiger partial charge in [0.2, 0.25) is 0 Å². The van der Waals surface area contributed by atoms with Crippen LogP contribution in [0.25, 0.3) is 11.0 Å². The number of carbonyl (C=O) groups is 1. The molecule has 0 radical (unpaired) electrons. The van der Waals surface area contributed by atoms with E-state index in [0.29, 0.717) is 41.0 Å². The minimum absolute atomic E-state index is 0.261. The van der Waals surface area contributed by atoms with Gasteiger partial charge in [-0.05, 0) is 37.0 Å². The molecule has 1 aliphatic carbocycles. The van der Waals surface area contributed by atoms with Crippen LogP contribution >= 0.6 is 0 Å². The van der Waals surface area contributed by atoms with E-state index < -0.39 is 0 Å². The number of aromatic nitrogens is 4. The molecule has 0 aromatic carbocycles. The minimum Gasteiger partial charge on any atom is -0.495 e. The van der Waals surface area contributed by atoms with Crippen LogP contribution in [0.2, 0.25) is 0 Å². The lowest BCUT2D eigenvalue weighted by Crippen LogP contribution is -2.20. The molecule has 3 heterocycles. The van der Waals surface area contributed by atoms with Gasteiger partial charge in [0.15, 0.2) is 5.69 Å². The summed E-state index contributed by atoms with van der Waals surface area (Å²) in [5.41, 5.74) is 3.41. The minimum atomic E-state index is -0.298. The van der Waals surface area contributed by atoms with Crippen LogP contribution in [0.3, 0.4) is 0 Å². The van der Waals surface area contributed by atoms with Crippen LogP contribution in [0.15, 0.2) is 59.6 Å². The molecule has 0 aliphatic heterocycles. The smallest absolute Gasteiger partial charge is 0.271 e. The quantitative estimate of drug-likeness (QED) is 0.268. The van der Waals surface area contributed by atoms with E-state index in [4.69, 9.17) is 9.73 Å². The molecule has 1 atom stereocenters. The third-order valence-electron chi connectivity index (χ3n) is 5.72. The summed E-state index contributed by atoms with van der Waals surface area (Å²) in [5, 5.41) is 6.59. The van der Waals surface area contributed by atoms with Crippen LogP contribution in [0.4, 0.5) is 17.5 Å². The van der Waals surface area contributed by atoms with Crippen molar-refractivity contribution in [2.45, 2.75) is 26.2 Å². The molecule has 3 aromatic rings. The number of methoxy groups -OCH3 is 1. The Kier molecular flexibility index (Phi) is 6.48. The molecule has 0 spiro atoms. The molecule has 3 N–H and O–H groups in total. The zero-order valence-electron chi connectivity index (χ0n) is 19.0. The van der Waals surface area contributed by atoms with Crippen LogP contribution in [-0.4, -0.2) is 45.7 Å². The third-order valence-corrected chi connectivity index (χ3v) is 5.72. The number of fused-ring (bicyclic) bond motifs is 1. The van der Waals surface area contributed by atoms with Gasteiger partial charge in [-0.15, -0.1) is 0 Å². The maximum absolute atomic E-state index is 12.2. The van der Waals surface area contributed by atoms with Crippen LogP contribution in [-0.2, 0) is 4.74 Å². The molecule has 0 saturated carbocycles. The molecule has 0 fully saturated rings. The molecule has 33 heavy (non-hydrogen) atoms. The Balaban J connectivity index is 1.74. The second-order valence-electron chi connectivity index (χ2n) is 7.84. The molecule has 3 aromatic heterocycles. The molecule has 4 rings (SSSR count). The molecule has 1 amide bonds. The van der Waals surface area contributed by atoms with Gasteiger partial charge in [0.05, 0.1) is 23.9 Å². The van der Waals surface area contributed by atoms with Gasteiger partial charge >= 0.3 is 0 Å². The number of anilines is 2. The maximum Gasteiger partial charge on any atom is 0.271 e. The summed E-state index contributed by atoms with van der Waals surface area (Å²) < 4.78 is 5.40. The topological polar surface area (TPSA) is 117 Å². The Morgan fingerprint density at radius 1 is 1.36 bits per heavy atom. The first kappa shape index (κ1) is 22.2. The number of hydrogen-bond acceptors (Lipinski definition) is 7. The van der Waals surface area contributed by atoms with Gasteiger partial charge in [-0.25, -0.2) is 9.98 Å². The van der Waals surface area contributed by atoms with Crippen molar-refractivity contribution in [2.75, 3.05) is 19.5 Å². The van der Waals surface area contributed by atoms with E-state index in [1.165, 1.54) is 5.57 Å². The van der Waals surface area contributed by atoms with Crippen molar-refractivity contribution in [1.29, 1.82) is 0 Å². The molecule has 9 heteroatoms. The van der Waals surface area contributed by atoms with Crippen molar-refractivity contribution in [2.24, 2.45) is 10.9 Å². The number of allylic oxidation sites excluding steroid dienone is 3. The van der Waals surface area contributed by atoms with Gasteiger partial charge in [0.25, 0.3) is 11.9 Å². The van der Waals surface area contributed by atoms with Crippen molar-refractivity contribution in [3.8, 4) is 0 Å². The van der Waals surface area contributed by atoms with Crippen molar-refractivity contribution >= 4 is 40.1 Å². The number of nitrogens with zero attached hydrogens (tertiary/aromatic N) is 4. The average molecular weight is 446 g/mol. The average Bonchev–Trinajstić information content (AvgIpc) is 3.47. The Morgan fingerprint density at radius 2 is 2.21 bits per heavy atom. The van der Waals surface area contributed by atoms with E-state index in [0.717, 1.165) is 18.2 Å². The first-order valence-corrected chi connectivity index (χ1v) is 10.8. The highest BCUT2D eigenvalue weighted by Crippen LogP contribution is 2.30. The predicted molar refractivity (Wildman–Crippen MR) is 129 cm³/mol. The molecule has 0 bridgehead atoms. The number of aliphatic imine (C=N–C) groups is 1. The monoisotopic (exact) mass is 445 g/mol. The van der Waals surface area contributed by atoms with Gasteiger partial charge < -0.3 is 20.4 Å². The molecule has 1 unspecified atom stereocenters. The largest absolute Gasteiger partial charge is 0.495 e. The molecule has 9 nitrogen and oxygen atoms in total. The van der Waals surface area contributed by atoms with Gasteiger partial charge in [0.1, 0.15) is 17.2 Å². The number of aromatic amines is 1. The number of nitrogens with one attached hydrogen (secondary N) is 3. The van der Waals surface area contributed by atoms with E-state index in [-0.39, 0.29) is 17.5 Å². The summed E-state index contributed by atoms with van der Waals surface area (Å²) in [4.78, 5) is 33.5. The van der Waals surface area contributed by atoms with Crippen molar-refractivity contribution in [3.63, 3.8) is 0 Å². The van der Waals surface area contributed by atoms with Gasteiger partial charge in [-0.2, -0.15) is 9.97 Å². The Hall–Kier alpha value is -4.01. The molecule has 1 aliphatic rings. The van der Waals surface area contributed by atoms with Crippen LogP contribution in [0.5, 0.6) is 0 Å². The zero-order chi connectivity index (χ0) is 23.4. The summed E-state index contributed by atoms with van der Waals surface area (Å²) in [6.45, 7) is 6.22. The number of rotatable bonds is 8. The fourth-order valence-electron chi connectivity index (χ4n) is 3.79. The number of pyridine rings is 1. The zero-order valence-corrected chi connectivity index (χ0v) is 19.0. The normalized spacial score (nSPS) is 15.9. The Bertz CT molecular complexity index is 1260. The van der Waals surface area contributed by atoms with E-state index in [9.17, 15) is 4.79 Å². The van der Waals surface area contributed by atoms with E-state index in [2.05, 4.69) is 50.1 Å². The Labute approximate surface area is 192 Å². The SMILES string of the molecule is C=C(OC)C(CC1=CCCC1C)=Nc1nc(Nc2cccnc2C(=O)NC)c2cc[nH]c2n1. The summed E-state index contributed by atoms with van der Waals surface area (Å²) >= 11 is 0. The van der Waals surface area contributed by atoms with Crippen LogP contribution in [0.1, 0.15) is 36.7 Å². The summed E-state index contributed by atoms with van der Waals surface area (Å²) in [7, 11) is 3.14. The molecule has 170 valence electrons. The van der Waals surface area contributed by atoms with Crippen molar-refractivity contribution < 1.29 is 9.53 Å². The van der Waals surface area contributed by atoms with Gasteiger partial charge in [-0.1, -0.05) is 25.2 Å². The molecular weight excluding hydrogens is 418 g/mol. The highest BCUT2D eigenvalue weighted by Gasteiger charge is 2.19. The lowest BCUT2D eigenvalue weighted by Gasteiger charge is -2.13. The van der Waals surface area contributed by atoms with E-state index in [1.54, 1.807) is 38.7 Å². The van der Waals surface area contributed by atoms with Crippen LogP contribution < -0.4 is 10.6 Å². The molecule has 0 saturated heterocycles. The highest BCUT2D eigenvalue weighted by atomic mass is 16.5. The number of ether oxygens (including phenoxy) is 1. The van der Waals surface area contributed by atoms with Gasteiger partial charge in [-0.3, -0.25) is 4.79 Å². The van der Waals surface area contributed by atoms with E-state index in [1.807, 2.05) is 6.07 Å². The van der Waals surface area contributed by atoms with Crippen LogP contribution in [0, 0.1) is 5.92 Å². The summed E-state index contributed by atoms with van der Waals surface area (Å²) in [6, 6.07) is 5.38. The third kappa shape index (κ3) is 4.77. The summed E-state index contributed by atoms with van der Waals surface area (Å²) in [5.74, 6) is 1.45. The number of carbonyl (C=O) groups excluding carboxylic acids is 1. The second kappa shape index (κ2) is 9.64. The standard InChI is InChI=1S/C24H27N7O2/c1-14-7-5-8-16(14)13-19(15(2)33-4)29-24-30-21-17(10-12-27-21)22(31-24)28-18-9-6-11-26-20(18)23(32)25-3/h6,8-12,14H,2,5,7,13H2,1,3-4H3,(H,25,32)(H2,27,28,30,31). The molecular formula is C24H27N7O2. The predicted octanol–water partition coefficient (Wildman–Crippen LogP) is 4.44.